The molecular weight excluding hydrogens is 429 g/mol. The van der Waals surface area contributed by atoms with E-state index in [9.17, 15) is 9.18 Å². The number of fused-ring (bicyclic) bond motifs is 2. The van der Waals surface area contributed by atoms with Crippen molar-refractivity contribution in [2.75, 3.05) is 37.7 Å². The van der Waals surface area contributed by atoms with Crippen molar-refractivity contribution >= 4 is 22.4 Å². The quantitative estimate of drug-likeness (QED) is 0.579. The Morgan fingerprint density at radius 1 is 1.15 bits per heavy atom. The summed E-state index contributed by atoms with van der Waals surface area (Å²) in [6.45, 7) is 6.77. The highest BCUT2D eigenvalue weighted by Gasteiger charge is 2.29. The molecule has 3 aromatic rings. The fourth-order valence-corrected chi connectivity index (χ4v) is 5.52. The van der Waals surface area contributed by atoms with Gasteiger partial charge in [0.15, 0.2) is 0 Å². The second-order valence-electron chi connectivity index (χ2n) is 9.36. The van der Waals surface area contributed by atoms with Crippen LogP contribution < -0.4 is 10.6 Å². The number of carbonyl (C=O) groups is 1. The molecule has 0 unspecified atom stereocenters. The van der Waals surface area contributed by atoms with E-state index in [0.717, 1.165) is 56.2 Å². The average Bonchev–Trinajstić information content (AvgIpc) is 2.86. The number of piperazine rings is 1. The van der Waals surface area contributed by atoms with Crippen LogP contribution in [0.15, 0.2) is 54.6 Å². The van der Waals surface area contributed by atoms with Crippen LogP contribution in [-0.4, -0.2) is 49.6 Å². The molecule has 6 heteroatoms. The summed E-state index contributed by atoms with van der Waals surface area (Å²) in [4.78, 5) is 16.6. The van der Waals surface area contributed by atoms with E-state index in [-0.39, 0.29) is 17.8 Å². The van der Waals surface area contributed by atoms with Crippen LogP contribution in [0, 0.1) is 5.82 Å². The number of nitrogens with zero attached hydrogens (tertiary/aromatic N) is 2. The SMILES string of the molecule is CC[C@@H]1CN(c2cccc3cc(F)ccc23)CCN1CC[C@@H]1OCCc2cc(C(N)=O)ccc21. The molecule has 1 fully saturated rings. The van der Waals surface area contributed by atoms with Crippen molar-refractivity contribution < 1.29 is 13.9 Å². The molecular formula is C28H32FN3O2. The minimum absolute atomic E-state index is 0.0502. The van der Waals surface area contributed by atoms with Gasteiger partial charge in [-0.2, -0.15) is 0 Å². The van der Waals surface area contributed by atoms with E-state index in [1.54, 1.807) is 12.1 Å². The number of rotatable bonds is 6. The second kappa shape index (κ2) is 9.72. The van der Waals surface area contributed by atoms with Crippen LogP contribution in [0.1, 0.15) is 47.4 Å². The number of benzene rings is 3. The molecule has 34 heavy (non-hydrogen) atoms. The summed E-state index contributed by atoms with van der Waals surface area (Å²) in [5.41, 5.74) is 9.58. The largest absolute Gasteiger partial charge is 0.373 e. The van der Waals surface area contributed by atoms with Gasteiger partial charge >= 0.3 is 0 Å². The molecule has 0 radical (unpaired) electrons. The van der Waals surface area contributed by atoms with Crippen LogP contribution in [0.3, 0.4) is 0 Å². The Balaban J connectivity index is 1.27. The summed E-state index contributed by atoms with van der Waals surface area (Å²) in [5.74, 6) is -0.580. The van der Waals surface area contributed by atoms with Crippen molar-refractivity contribution in [2.45, 2.75) is 38.3 Å². The molecule has 2 N–H and O–H groups in total. The molecule has 0 saturated carbocycles. The number of ether oxygens (including phenoxy) is 1. The predicted molar refractivity (Wildman–Crippen MR) is 134 cm³/mol. The van der Waals surface area contributed by atoms with Crippen LogP contribution in [-0.2, 0) is 11.2 Å². The van der Waals surface area contributed by atoms with Gasteiger partial charge in [0.1, 0.15) is 5.82 Å². The number of anilines is 1. The first-order chi connectivity index (χ1) is 16.5. The zero-order chi connectivity index (χ0) is 23.7. The summed E-state index contributed by atoms with van der Waals surface area (Å²) in [6, 6.07) is 17.4. The molecule has 2 aliphatic rings. The Hall–Kier alpha value is -2.96. The van der Waals surface area contributed by atoms with E-state index in [1.807, 2.05) is 36.4 Å². The maximum Gasteiger partial charge on any atom is 0.248 e. The Kier molecular flexibility index (Phi) is 6.53. The van der Waals surface area contributed by atoms with E-state index in [4.69, 9.17) is 10.5 Å². The molecule has 5 rings (SSSR count). The standard InChI is InChI=1S/C28H32FN3O2/c1-2-23-18-32(26-5-3-4-19-17-22(29)7-9-24(19)26)14-13-31(23)12-10-27-25-8-6-21(28(30)33)16-20(25)11-15-34-27/h3-9,16-17,23,27H,2,10-15,18H2,1H3,(H2,30,33)/t23-,27+/m1/s1. The number of nitrogens with two attached hydrogens (primary N) is 1. The molecule has 2 atom stereocenters. The summed E-state index contributed by atoms with van der Waals surface area (Å²) < 4.78 is 19.8. The van der Waals surface area contributed by atoms with Gasteiger partial charge in [0, 0.05) is 48.9 Å². The van der Waals surface area contributed by atoms with Gasteiger partial charge in [-0.1, -0.05) is 25.1 Å². The van der Waals surface area contributed by atoms with Gasteiger partial charge in [-0.25, -0.2) is 4.39 Å². The molecule has 2 aliphatic heterocycles. The minimum atomic E-state index is -0.383. The van der Waals surface area contributed by atoms with Crippen molar-refractivity contribution in [1.82, 2.24) is 4.90 Å². The smallest absolute Gasteiger partial charge is 0.248 e. The molecule has 3 aromatic carbocycles. The molecule has 0 spiro atoms. The second-order valence-corrected chi connectivity index (χ2v) is 9.36. The maximum atomic E-state index is 13.7. The third kappa shape index (κ3) is 4.52. The zero-order valence-corrected chi connectivity index (χ0v) is 19.7. The highest BCUT2D eigenvalue weighted by atomic mass is 19.1. The molecule has 0 aliphatic carbocycles. The van der Waals surface area contributed by atoms with E-state index >= 15 is 0 Å². The first-order valence-electron chi connectivity index (χ1n) is 12.2. The molecule has 1 amide bonds. The van der Waals surface area contributed by atoms with Gasteiger partial charge in [0.25, 0.3) is 0 Å². The van der Waals surface area contributed by atoms with Crippen LogP contribution >= 0.6 is 0 Å². The first kappa shape index (κ1) is 22.8. The monoisotopic (exact) mass is 461 g/mol. The number of amides is 1. The van der Waals surface area contributed by atoms with Gasteiger partial charge in [0.05, 0.1) is 12.7 Å². The lowest BCUT2D eigenvalue weighted by Crippen LogP contribution is -2.53. The first-order valence-corrected chi connectivity index (χ1v) is 12.2. The number of primary amides is 1. The lowest BCUT2D eigenvalue weighted by molar-refractivity contribution is 0.0244. The van der Waals surface area contributed by atoms with Crippen molar-refractivity contribution in [3.8, 4) is 0 Å². The zero-order valence-electron chi connectivity index (χ0n) is 19.7. The van der Waals surface area contributed by atoms with Gasteiger partial charge in [-0.3, -0.25) is 9.69 Å². The van der Waals surface area contributed by atoms with Crippen molar-refractivity contribution in [3.63, 3.8) is 0 Å². The predicted octanol–water partition coefficient (Wildman–Crippen LogP) is 4.68. The summed E-state index contributed by atoms with van der Waals surface area (Å²) in [6.07, 6.45) is 2.86. The van der Waals surface area contributed by atoms with E-state index in [2.05, 4.69) is 22.8 Å². The number of hydrogen-bond acceptors (Lipinski definition) is 4. The van der Waals surface area contributed by atoms with Gasteiger partial charge in [0.2, 0.25) is 5.91 Å². The molecule has 178 valence electrons. The van der Waals surface area contributed by atoms with Crippen molar-refractivity contribution in [2.24, 2.45) is 5.73 Å². The lowest BCUT2D eigenvalue weighted by Gasteiger charge is -2.43. The Labute approximate surface area is 200 Å². The summed E-state index contributed by atoms with van der Waals surface area (Å²) in [7, 11) is 0. The molecule has 2 heterocycles. The molecule has 5 nitrogen and oxygen atoms in total. The third-order valence-electron chi connectivity index (χ3n) is 7.38. The highest BCUT2D eigenvalue weighted by Crippen LogP contribution is 2.33. The van der Waals surface area contributed by atoms with Crippen LogP contribution in [0.4, 0.5) is 10.1 Å². The van der Waals surface area contributed by atoms with Crippen molar-refractivity contribution in [3.05, 3.63) is 77.1 Å². The fraction of sp³-hybridized carbons (Fsp3) is 0.393. The van der Waals surface area contributed by atoms with Gasteiger partial charge in [-0.15, -0.1) is 0 Å². The topological polar surface area (TPSA) is 58.8 Å². The van der Waals surface area contributed by atoms with E-state index in [0.29, 0.717) is 18.2 Å². The maximum absolute atomic E-state index is 13.7. The number of hydrogen-bond donors (Lipinski definition) is 1. The Bertz CT molecular complexity index is 1200. The third-order valence-corrected chi connectivity index (χ3v) is 7.38. The Morgan fingerprint density at radius 3 is 2.85 bits per heavy atom. The van der Waals surface area contributed by atoms with E-state index < -0.39 is 0 Å². The highest BCUT2D eigenvalue weighted by molar-refractivity contribution is 5.94. The normalized spacial score (nSPS) is 20.9. The van der Waals surface area contributed by atoms with Gasteiger partial charge < -0.3 is 15.4 Å². The average molecular weight is 462 g/mol. The van der Waals surface area contributed by atoms with E-state index in [1.165, 1.54) is 16.8 Å². The molecule has 1 saturated heterocycles. The number of carbonyl (C=O) groups excluding carboxylic acids is 1. The lowest BCUT2D eigenvalue weighted by atomic mass is 9.93. The molecule has 0 bridgehead atoms. The number of halogens is 1. The van der Waals surface area contributed by atoms with Crippen LogP contribution in [0.2, 0.25) is 0 Å². The summed E-state index contributed by atoms with van der Waals surface area (Å²) >= 11 is 0. The minimum Gasteiger partial charge on any atom is -0.373 e. The van der Waals surface area contributed by atoms with Crippen LogP contribution in [0.25, 0.3) is 10.8 Å². The van der Waals surface area contributed by atoms with Crippen LogP contribution in [0.5, 0.6) is 0 Å². The van der Waals surface area contributed by atoms with Crippen molar-refractivity contribution in [1.29, 1.82) is 0 Å². The Morgan fingerprint density at radius 2 is 2.03 bits per heavy atom. The fourth-order valence-electron chi connectivity index (χ4n) is 5.52. The van der Waals surface area contributed by atoms with Gasteiger partial charge in [-0.05, 0) is 72.2 Å². The molecule has 0 aromatic heterocycles. The summed E-state index contributed by atoms with van der Waals surface area (Å²) in [5, 5.41) is 2.05.